The van der Waals surface area contributed by atoms with Crippen molar-refractivity contribution in [3.05, 3.63) is 23.8 Å². The highest BCUT2D eigenvalue weighted by Crippen LogP contribution is 2.32. The normalized spacial score (nSPS) is 19.0. The van der Waals surface area contributed by atoms with E-state index in [1.807, 2.05) is 6.07 Å². The second-order valence-corrected chi connectivity index (χ2v) is 8.13. The van der Waals surface area contributed by atoms with E-state index in [2.05, 4.69) is 4.72 Å². The van der Waals surface area contributed by atoms with Gasteiger partial charge in [-0.15, -0.1) is 0 Å². The van der Waals surface area contributed by atoms with Crippen LogP contribution in [0.2, 0.25) is 0 Å². The Bertz CT molecular complexity index is 679. The van der Waals surface area contributed by atoms with Crippen LogP contribution in [0.4, 0.5) is 11.4 Å². The SMILES string of the molecule is CC(=O)N1CCc2ccc(NS(=O)(=O)C3CCCCC3)cc21. The second-order valence-electron chi connectivity index (χ2n) is 6.17. The molecule has 1 saturated carbocycles. The fraction of sp³-hybridized carbons (Fsp3) is 0.562. The minimum Gasteiger partial charge on any atom is -0.312 e. The number of benzene rings is 1. The lowest BCUT2D eigenvalue weighted by molar-refractivity contribution is -0.116. The van der Waals surface area contributed by atoms with E-state index in [-0.39, 0.29) is 11.2 Å². The van der Waals surface area contributed by atoms with Crippen molar-refractivity contribution >= 4 is 27.3 Å². The van der Waals surface area contributed by atoms with Crippen molar-refractivity contribution < 1.29 is 13.2 Å². The van der Waals surface area contributed by atoms with E-state index >= 15 is 0 Å². The molecule has 1 aliphatic heterocycles. The number of amides is 1. The van der Waals surface area contributed by atoms with E-state index in [1.165, 1.54) is 6.92 Å². The monoisotopic (exact) mass is 322 g/mol. The molecular weight excluding hydrogens is 300 g/mol. The minimum atomic E-state index is -3.34. The number of carbonyl (C=O) groups excluding carboxylic acids is 1. The molecule has 1 aliphatic carbocycles. The van der Waals surface area contributed by atoms with Crippen LogP contribution in [0.3, 0.4) is 0 Å². The first-order valence-corrected chi connectivity index (χ1v) is 9.45. The maximum absolute atomic E-state index is 12.5. The number of nitrogens with one attached hydrogen (secondary N) is 1. The number of hydrogen-bond acceptors (Lipinski definition) is 3. The summed E-state index contributed by atoms with van der Waals surface area (Å²) in [4.78, 5) is 13.3. The average molecular weight is 322 g/mol. The van der Waals surface area contributed by atoms with Gasteiger partial charge in [-0.25, -0.2) is 8.42 Å². The molecule has 0 radical (unpaired) electrons. The Balaban J connectivity index is 1.81. The van der Waals surface area contributed by atoms with Crippen LogP contribution in [0, 0.1) is 0 Å². The van der Waals surface area contributed by atoms with Gasteiger partial charge in [-0.1, -0.05) is 25.3 Å². The maximum atomic E-state index is 12.5. The van der Waals surface area contributed by atoms with Gasteiger partial charge in [0.1, 0.15) is 0 Å². The zero-order chi connectivity index (χ0) is 15.7. The van der Waals surface area contributed by atoms with Gasteiger partial charge in [0.05, 0.1) is 10.9 Å². The van der Waals surface area contributed by atoms with Crippen molar-refractivity contribution in [2.45, 2.75) is 50.7 Å². The van der Waals surface area contributed by atoms with Crippen LogP contribution in [0.25, 0.3) is 0 Å². The van der Waals surface area contributed by atoms with E-state index in [9.17, 15) is 13.2 Å². The number of fused-ring (bicyclic) bond motifs is 1. The molecule has 5 nitrogen and oxygen atoms in total. The highest BCUT2D eigenvalue weighted by molar-refractivity contribution is 7.93. The van der Waals surface area contributed by atoms with Gasteiger partial charge in [0.25, 0.3) is 0 Å². The summed E-state index contributed by atoms with van der Waals surface area (Å²) in [6, 6.07) is 5.49. The number of hydrogen-bond donors (Lipinski definition) is 1. The third-order valence-electron chi connectivity index (χ3n) is 4.61. The maximum Gasteiger partial charge on any atom is 0.235 e. The zero-order valence-corrected chi connectivity index (χ0v) is 13.7. The van der Waals surface area contributed by atoms with E-state index in [1.54, 1.807) is 17.0 Å². The molecule has 6 heteroatoms. The largest absolute Gasteiger partial charge is 0.312 e. The molecule has 1 aromatic rings. The molecule has 1 heterocycles. The van der Waals surface area contributed by atoms with Crippen molar-refractivity contribution in [2.24, 2.45) is 0 Å². The lowest BCUT2D eigenvalue weighted by Gasteiger charge is -2.23. The molecule has 120 valence electrons. The van der Waals surface area contributed by atoms with Gasteiger partial charge in [-0.05, 0) is 37.0 Å². The molecule has 3 rings (SSSR count). The van der Waals surface area contributed by atoms with E-state index in [0.29, 0.717) is 12.2 Å². The number of carbonyl (C=O) groups is 1. The fourth-order valence-electron chi connectivity index (χ4n) is 3.39. The summed E-state index contributed by atoms with van der Waals surface area (Å²) in [5, 5.41) is -0.293. The zero-order valence-electron chi connectivity index (χ0n) is 12.8. The highest BCUT2D eigenvalue weighted by atomic mass is 32.2. The van der Waals surface area contributed by atoms with E-state index in [4.69, 9.17) is 0 Å². The van der Waals surface area contributed by atoms with Gasteiger partial charge in [-0.2, -0.15) is 0 Å². The lowest BCUT2D eigenvalue weighted by atomic mass is 10.0. The van der Waals surface area contributed by atoms with Crippen LogP contribution >= 0.6 is 0 Å². The van der Waals surface area contributed by atoms with Gasteiger partial charge >= 0.3 is 0 Å². The summed E-state index contributed by atoms with van der Waals surface area (Å²) in [5.41, 5.74) is 2.48. The third-order valence-corrected chi connectivity index (χ3v) is 6.48. The quantitative estimate of drug-likeness (QED) is 0.930. The van der Waals surface area contributed by atoms with E-state index in [0.717, 1.165) is 49.8 Å². The predicted molar refractivity (Wildman–Crippen MR) is 87.6 cm³/mol. The Hall–Kier alpha value is -1.56. The van der Waals surface area contributed by atoms with Gasteiger partial charge < -0.3 is 4.90 Å². The first-order valence-electron chi connectivity index (χ1n) is 7.90. The number of nitrogens with zero attached hydrogens (tertiary/aromatic N) is 1. The average Bonchev–Trinajstić information content (AvgIpc) is 2.91. The molecule has 0 bridgehead atoms. The van der Waals surface area contributed by atoms with Crippen molar-refractivity contribution in [2.75, 3.05) is 16.2 Å². The van der Waals surface area contributed by atoms with Crippen molar-refractivity contribution in [3.63, 3.8) is 0 Å². The van der Waals surface area contributed by atoms with Crippen LogP contribution in [0.5, 0.6) is 0 Å². The summed E-state index contributed by atoms with van der Waals surface area (Å²) < 4.78 is 27.7. The van der Waals surface area contributed by atoms with Gasteiger partial charge in [0.2, 0.25) is 15.9 Å². The lowest BCUT2D eigenvalue weighted by Crippen LogP contribution is -2.30. The molecule has 0 spiro atoms. The van der Waals surface area contributed by atoms with Crippen LogP contribution < -0.4 is 9.62 Å². The van der Waals surface area contributed by atoms with Crippen LogP contribution in [-0.2, 0) is 21.2 Å². The summed E-state index contributed by atoms with van der Waals surface area (Å²) >= 11 is 0. The summed E-state index contributed by atoms with van der Waals surface area (Å²) in [6.45, 7) is 2.21. The standard InChI is InChI=1S/C16H22N2O3S/c1-12(19)18-10-9-13-7-8-14(11-16(13)18)17-22(20,21)15-5-3-2-4-6-15/h7-8,11,15,17H,2-6,9-10H2,1H3. The van der Waals surface area contributed by atoms with Crippen molar-refractivity contribution in [3.8, 4) is 0 Å². The Labute approximate surface area is 131 Å². The Morgan fingerprint density at radius 3 is 2.64 bits per heavy atom. The van der Waals surface area contributed by atoms with Crippen molar-refractivity contribution in [1.29, 1.82) is 0 Å². The molecule has 1 amide bonds. The summed E-state index contributed by atoms with van der Waals surface area (Å²) in [6.07, 6.45) is 5.38. The van der Waals surface area contributed by atoms with E-state index < -0.39 is 10.0 Å². The topological polar surface area (TPSA) is 66.5 Å². The molecule has 0 atom stereocenters. The molecule has 0 aromatic heterocycles. The Morgan fingerprint density at radius 1 is 1.23 bits per heavy atom. The van der Waals surface area contributed by atoms with Crippen LogP contribution in [-0.4, -0.2) is 26.1 Å². The van der Waals surface area contributed by atoms with Crippen LogP contribution in [0.1, 0.15) is 44.6 Å². The minimum absolute atomic E-state index is 0.00830. The second kappa shape index (κ2) is 5.91. The number of rotatable bonds is 3. The molecule has 1 fully saturated rings. The molecule has 0 saturated heterocycles. The molecule has 2 aliphatic rings. The molecular formula is C16H22N2O3S. The van der Waals surface area contributed by atoms with Gasteiger partial charge in [-0.3, -0.25) is 9.52 Å². The number of sulfonamides is 1. The first-order chi connectivity index (χ1) is 10.5. The fourth-order valence-corrected chi connectivity index (χ4v) is 4.97. The Kier molecular flexibility index (Phi) is 4.12. The number of anilines is 2. The smallest absolute Gasteiger partial charge is 0.235 e. The third kappa shape index (κ3) is 2.97. The summed E-state index contributed by atoms with van der Waals surface area (Å²) in [7, 11) is -3.34. The van der Waals surface area contributed by atoms with Gasteiger partial charge in [0.15, 0.2) is 0 Å². The molecule has 1 N–H and O–H groups in total. The van der Waals surface area contributed by atoms with Crippen LogP contribution in [0.15, 0.2) is 18.2 Å². The van der Waals surface area contributed by atoms with Crippen molar-refractivity contribution in [1.82, 2.24) is 0 Å². The molecule has 1 aromatic carbocycles. The predicted octanol–water partition coefficient (Wildman–Crippen LogP) is 2.67. The molecule has 22 heavy (non-hydrogen) atoms. The summed E-state index contributed by atoms with van der Waals surface area (Å²) in [5.74, 6) is -0.00830. The highest BCUT2D eigenvalue weighted by Gasteiger charge is 2.28. The Morgan fingerprint density at radius 2 is 1.95 bits per heavy atom. The van der Waals surface area contributed by atoms with Gasteiger partial charge in [0, 0.05) is 19.2 Å². The molecule has 0 unspecified atom stereocenters. The first kappa shape index (κ1) is 15.3.